The predicted octanol–water partition coefficient (Wildman–Crippen LogP) is 16.5. The van der Waals surface area contributed by atoms with E-state index in [0.717, 1.165) is 51.4 Å². The summed E-state index contributed by atoms with van der Waals surface area (Å²) in [4.78, 5) is 26.2. The standard InChI is InChI=1S/C55H107NO5/c1-4-7-10-13-16-19-22-24-26-28-30-33-36-39-42-45-48-55(60)61-51(46-43-40-37-34-32-29-27-25-23-20-17-14-11-8-5-2)49-54(59)56-52(50-57)53(58)47-44-41-38-35-31-21-18-15-12-9-6-3/h26,28,51-53,57-58H,4-25,27,29-50H2,1-3H3,(H,56,59)/b28-26+. The Kier molecular flexibility index (Phi) is 48.5. The minimum Gasteiger partial charge on any atom is -0.462 e. The number of ether oxygens (including phenoxy) is 1. The van der Waals surface area contributed by atoms with E-state index >= 15 is 0 Å². The van der Waals surface area contributed by atoms with E-state index in [9.17, 15) is 19.8 Å². The largest absolute Gasteiger partial charge is 0.462 e. The van der Waals surface area contributed by atoms with Crippen LogP contribution in [0.15, 0.2) is 12.2 Å². The van der Waals surface area contributed by atoms with Crippen molar-refractivity contribution >= 4 is 11.9 Å². The Morgan fingerprint density at radius 3 is 1.16 bits per heavy atom. The lowest BCUT2D eigenvalue weighted by Gasteiger charge is -2.24. The van der Waals surface area contributed by atoms with Gasteiger partial charge in [0.1, 0.15) is 6.10 Å². The third-order valence-corrected chi connectivity index (χ3v) is 12.8. The summed E-state index contributed by atoms with van der Waals surface area (Å²) in [5.41, 5.74) is 0. The monoisotopic (exact) mass is 862 g/mol. The smallest absolute Gasteiger partial charge is 0.306 e. The lowest BCUT2D eigenvalue weighted by molar-refractivity contribution is -0.151. The topological polar surface area (TPSA) is 95.9 Å². The van der Waals surface area contributed by atoms with Gasteiger partial charge in [-0.1, -0.05) is 251 Å². The van der Waals surface area contributed by atoms with Crippen molar-refractivity contribution in [2.45, 2.75) is 322 Å². The molecule has 3 unspecified atom stereocenters. The molecule has 6 nitrogen and oxygen atoms in total. The first-order valence-electron chi connectivity index (χ1n) is 27.4. The summed E-state index contributed by atoms with van der Waals surface area (Å²) in [7, 11) is 0. The molecule has 0 heterocycles. The number of hydrogen-bond donors (Lipinski definition) is 3. The molecule has 0 radical (unpaired) electrons. The van der Waals surface area contributed by atoms with E-state index in [1.54, 1.807) is 0 Å². The Morgan fingerprint density at radius 1 is 0.459 bits per heavy atom. The van der Waals surface area contributed by atoms with E-state index < -0.39 is 18.2 Å². The molecule has 3 N–H and O–H groups in total. The van der Waals surface area contributed by atoms with Crippen LogP contribution in [0.5, 0.6) is 0 Å². The molecular formula is C55H107NO5. The number of hydrogen-bond acceptors (Lipinski definition) is 5. The van der Waals surface area contributed by atoms with Gasteiger partial charge in [0.25, 0.3) is 0 Å². The fourth-order valence-corrected chi connectivity index (χ4v) is 8.66. The van der Waals surface area contributed by atoms with Crippen molar-refractivity contribution in [3.63, 3.8) is 0 Å². The van der Waals surface area contributed by atoms with Gasteiger partial charge in [0.15, 0.2) is 0 Å². The van der Waals surface area contributed by atoms with Gasteiger partial charge in [-0.25, -0.2) is 0 Å². The average Bonchev–Trinajstić information content (AvgIpc) is 3.25. The van der Waals surface area contributed by atoms with Crippen LogP contribution in [0, 0.1) is 0 Å². The fourth-order valence-electron chi connectivity index (χ4n) is 8.66. The SMILES string of the molecule is CCCCCCCCC/C=C/CCCCCCCC(=O)OC(CCCCCCCCCCCCCCCCC)CC(=O)NC(CO)C(O)CCCCCCCCCCCCC. The molecule has 0 spiro atoms. The number of unbranched alkanes of at least 4 members (excludes halogenated alkanes) is 36. The summed E-state index contributed by atoms with van der Waals surface area (Å²) in [5, 5.41) is 23.8. The molecule has 362 valence electrons. The number of allylic oxidation sites excluding steroid dienone is 2. The lowest BCUT2D eigenvalue weighted by atomic mass is 10.0. The minimum absolute atomic E-state index is 0.0818. The van der Waals surface area contributed by atoms with E-state index in [4.69, 9.17) is 4.74 Å². The zero-order valence-corrected chi connectivity index (χ0v) is 41.3. The van der Waals surface area contributed by atoms with Crippen molar-refractivity contribution in [2.75, 3.05) is 6.61 Å². The summed E-state index contributed by atoms with van der Waals surface area (Å²) in [6, 6.07) is -0.696. The van der Waals surface area contributed by atoms with Gasteiger partial charge in [-0.3, -0.25) is 9.59 Å². The Hall–Kier alpha value is -1.40. The molecule has 0 aromatic rings. The predicted molar refractivity (Wildman–Crippen MR) is 264 cm³/mol. The third-order valence-electron chi connectivity index (χ3n) is 12.8. The number of aliphatic hydroxyl groups is 2. The van der Waals surface area contributed by atoms with E-state index in [2.05, 4.69) is 38.2 Å². The molecule has 0 aromatic heterocycles. The van der Waals surface area contributed by atoms with Crippen LogP contribution in [0.1, 0.15) is 303 Å². The van der Waals surface area contributed by atoms with Gasteiger partial charge >= 0.3 is 5.97 Å². The van der Waals surface area contributed by atoms with E-state index in [0.29, 0.717) is 19.3 Å². The maximum absolute atomic E-state index is 13.2. The number of carbonyl (C=O) groups is 2. The molecule has 61 heavy (non-hydrogen) atoms. The zero-order chi connectivity index (χ0) is 44.5. The van der Waals surface area contributed by atoms with Crippen LogP contribution in [0.2, 0.25) is 0 Å². The molecule has 0 saturated carbocycles. The number of esters is 1. The number of carbonyl (C=O) groups excluding carboxylic acids is 2. The quantitative estimate of drug-likeness (QED) is 0.0322. The highest BCUT2D eigenvalue weighted by atomic mass is 16.5. The second-order valence-corrected chi connectivity index (χ2v) is 19.0. The van der Waals surface area contributed by atoms with Gasteiger partial charge in [0.05, 0.1) is 25.2 Å². The molecule has 0 bridgehead atoms. The molecule has 3 atom stereocenters. The van der Waals surface area contributed by atoms with Gasteiger partial charge in [-0.05, 0) is 51.4 Å². The van der Waals surface area contributed by atoms with Crippen molar-refractivity contribution in [3.05, 3.63) is 12.2 Å². The van der Waals surface area contributed by atoms with Gasteiger partial charge in [-0.15, -0.1) is 0 Å². The number of aliphatic hydroxyl groups excluding tert-OH is 2. The summed E-state index contributed by atoms with van der Waals surface area (Å²) >= 11 is 0. The van der Waals surface area contributed by atoms with Crippen LogP contribution in [0.4, 0.5) is 0 Å². The van der Waals surface area contributed by atoms with Gasteiger partial charge in [-0.2, -0.15) is 0 Å². The van der Waals surface area contributed by atoms with Crippen LogP contribution in [-0.4, -0.2) is 46.9 Å². The van der Waals surface area contributed by atoms with Crippen molar-refractivity contribution in [1.82, 2.24) is 5.32 Å². The Labute approximate surface area is 380 Å². The molecular weight excluding hydrogens is 755 g/mol. The summed E-state index contributed by atoms with van der Waals surface area (Å²) in [5.74, 6) is -0.463. The zero-order valence-electron chi connectivity index (χ0n) is 41.3. The van der Waals surface area contributed by atoms with Crippen LogP contribution in [0.3, 0.4) is 0 Å². The van der Waals surface area contributed by atoms with Crippen molar-refractivity contribution in [3.8, 4) is 0 Å². The maximum Gasteiger partial charge on any atom is 0.306 e. The van der Waals surface area contributed by atoms with Crippen molar-refractivity contribution in [2.24, 2.45) is 0 Å². The Morgan fingerprint density at radius 2 is 0.787 bits per heavy atom. The maximum atomic E-state index is 13.2. The highest BCUT2D eigenvalue weighted by Crippen LogP contribution is 2.19. The lowest BCUT2D eigenvalue weighted by Crippen LogP contribution is -2.46. The van der Waals surface area contributed by atoms with Crippen LogP contribution in [-0.2, 0) is 14.3 Å². The summed E-state index contributed by atoms with van der Waals surface area (Å²) in [6.45, 7) is 6.51. The molecule has 0 aliphatic heterocycles. The van der Waals surface area contributed by atoms with Crippen molar-refractivity contribution in [1.29, 1.82) is 0 Å². The molecule has 0 aliphatic carbocycles. The van der Waals surface area contributed by atoms with Crippen LogP contribution < -0.4 is 5.32 Å². The third kappa shape index (κ3) is 45.0. The van der Waals surface area contributed by atoms with E-state index in [1.165, 1.54) is 205 Å². The van der Waals surface area contributed by atoms with E-state index in [1.807, 2.05) is 0 Å². The molecule has 0 rings (SSSR count). The second kappa shape index (κ2) is 49.6. The second-order valence-electron chi connectivity index (χ2n) is 19.0. The highest BCUT2D eigenvalue weighted by Gasteiger charge is 2.24. The molecule has 1 amide bonds. The van der Waals surface area contributed by atoms with Crippen molar-refractivity contribution < 1.29 is 24.5 Å². The Balaban J connectivity index is 4.53. The molecule has 0 aliphatic rings. The van der Waals surface area contributed by atoms with Gasteiger partial charge in [0, 0.05) is 6.42 Å². The molecule has 0 aromatic carbocycles. The van der Waals surface area contributed by atoms with Gasteiger partial charge in [0.2, 0.25) is 5.91 Å². The summed E-state index contributed by atoms with van der Waals surface area (Å²) in [6.07, 6.45) is 55.6. The highest BCUT2D eigenvalue weighted by molar-refractivity contribution is 5.77. The molecule has 0 fully saturated rings. The normalized spacial score (nSPS) is 13.2. The van der Waals surface area contributed by atoms with E-state index in [-0.39, 0.29) is 24.9 Å². The Bertz CT molecular complexity index is 924. The molecule has 0 saturated heterocycles. The van der Waals surface area contributed by atoms with Gasteiger partial charge < -0.3 is 20.3 Å². The number of nitrogens with one attached hydrogen (secondary N) is 1. The first-order chi connectivity index (χ1) is 30.0. The average molecular weight is 862 g/mol. The number of rotatable bonds is 50. The summed E-state index contributed by atoms with van der Waals surface area (Å²) < 4.78 is 5.95. The first-order valence-corrected chi connectivity index (χ1v) is 27.4. The van der Waals surface area contributed by atoms with Crippen LogP contribution >= 0.6 is 0 Å². The first kappa shape index (κ1) is 59.6. The van der Waals surface area contributed by atoms with Crippen LogP contribution in [0.25, 0.3) is 0 Å². The fraction of sp³-hybridized carbons (Fsp3) is 0.927. The molecule has 6 heteroatoms. The minimum atomic E-state index is -0.782. The number of amides is 1.